The molecule has 1 aromatic heterocycles. The molecule has 0 bridgehead atoms. The summed E-state index contributed by atoms with van der Waals surface area (Å²) in [6.45, 7) is 5.40. The van der Waals surface area contributed by atoms with E-state index in [1.807, 2.05) is 26.1 Å². The molecule has 0 aliphatic rings. The van der Waals surface area contributed by atoms with E-state index in [9.17, 15) is 0 Å². The van der Waals surface area contributed by atoms with E-state index in [-0.39, 0.29) is 0 Å². The zero-order valence-corrected chi connectivity index (χ0v) is 8.09. The molecule has 0 aliphatic heterocycles. The van der Waals surface area contributed by atoms with Crippen molar-refractivity contribution in [2.75, 3.05) is 6.54 Å². The standard InChI is InChI=1S/C11H14N2/c1-3-4-7-12-8-11-6-5-10(2)13-9-11/h5-6,9,12H,7-8H2,1-2H3. The molecule has 0 aromatic carbocycles. The number of pyridine rings is 1. The quantitative estimate of drug-likeness (QED) is 0.555. The fourth-order valence-electron chi connectivity index (χ4n) is 0.961. The van der Waals surface area contributed by atoms with Crippen LogP contribution in [0.3, 0.4) is 0 Å². The molecular formula is C11H14N2. The molecule has 1 rings (SSSR count). The van der Waals surface area contributed by atoms with Gasteiger partial charge in [0, 0.05) is 18.4 Å². The molecule has 0 unspecified atom stereocenters. The van der Waals surface area contributed by atoms with Crippen molar-refractivity contribution in [2.45, 2.75) is 20.4 Å². The molecular weight excluding hydrogens is 160 g/mol. The fraction of sp³-hybridized carbons (Fsp3) is 0.364. The van der Waals surface area contributed by atoms with Gasteiger partial charge in [0.2, 0.25) is 0 Å². The summed E-state index contributed by atoms with van der Waals surface area (Å²) in [6.07, 6.45) is 1.89. The third-order valence-corrected chi connectivity index (χ3v) is 1.69. The van der Waals surface area contributed by atoms with Crippen LogP contribution in [-0.4, -0.2) is 11.5 Å². The second kappa shape index (κ2) is 5.34. The van der Waals surface area contributed by atoms with Gasteiger partial charge in [-0.25, -0.2) is 0 Å². The van der Waals surface area contributed by atoms with Crippen LogP contribution < -0.4 is 5.32 Å². The Labute approximate surface area is 79.4 Å². The molecule has 0 aliphatic carbocycles. The van der Waals surface area contributed by atoms with Crippen molar-refractivity contribution < 1.29 is 0 Å². The second-order valence-electron chi connectivity index (χ2n) is 2.84. The minimum Gasteiger partial charge on any atom is -0.302 e. The minimum absolute atomic E-state index is 0.740. The van der Waals surface area contributed by atoms with Gasteiger partial charge in [-0.2, -0.15) is 0 Å². The molecule has 2 heteroatoms. The number of nitrogens with one attached hydrogen (secondary N) is 1. The van der Waals surface area contributed by atoms with Gasteiger partial charge in [0.25, 0.3) is 0 Å². The summed E-state index contributed by atoms with van der Waals surface area (Å²) in [5.74, 6) is 5.78. The van der Waals surface area contributed by atoms with Gasteiger partial charge in [0.1, 0.15) is 0 Å². The van der Waals surface area contributed by atoms with Crippen molar-refractivity contribution in [3.8, 4) is 11.8 Å². The average molecular weight is 174 g/mol. The third kappa shape index (κ3) is 3.73. The fourth-order valence-corrected chi connectivity index (χ4v) is 0.961. The molecule has 2 nitrogen and oxygen atoms in total. The first-order valence-electron chi connectivity index (χ1n) is 4.35. The normalized spacial score (nSPS) is 9.08. The van der Waals surface area contributed by atoms with E-state index in [0.717, 1.165) is 18.8 Å². The lowest BCUT2D eigenvalue weighted by Crippen LogP contribution is -2.13. The highest BCUT2D eigenvalue weighted by Gasteiger charge is 1.90. The van der Waals surface area contributed by atoms with Crippen molar-refractivity contribution in [1.29, 1.82) is 0 Å². The van der Waals surface area contributed by atoms with Crippen LogP contribution in [-0.2, 0) is 6.54 Å². The molecule has 0 fully saturated rings. The van der Waals surface area contributed by atoms with E-state index in [1.54, 1.807) is 0 Å². The van der Waals surface area contributed by atoms with Crippen molar-refractivity contribution in [3.05, 3.63) is 29.6 Å². The molecule has 0 saturated carbocycles. The van der Waals surface area contributed by atoms with E-state index >= 15 is 0 Å². The minimum atomic E-state index is 0.740. The predicted molar refractivity (Wildman–Crippen MR) is 54.1 cm³/mol. The Morgan fingerprint density at radius 2 is 2.31 bits per heavy atom. The molecule has 68 valence electrons. The van der Waals surface area contributed by atoms with E-state index in [1.165, 1.54) is 5.56 Å². The monoisotopic (exact) mass is 174 g/mol. The van der Waals surface area contributed by atoms with Gasteiger partial charge in [-0.1, -0.05) is 12.0 Å². The third-order valence-electron chi connectivity index (χ3n) is 1.69. The maximum Gasteiger partial charge on any atom is 0.0579 e. The first-order chi connectivity index (χ1) is 6.33. The van der Waals surface area contributed by atoms with E-state index < -0.39 is 0 Å². The molecule has 0 spiro atoms. The zero-order chi connectivity index (χ0) is 9.52. The highest BCUT2D eigenvalue weighted by atomic mass is 14.8. The lowest BCUT2D eigenvalue weighted by atomic mass is 10.2. The first kappa shape index (κ1) is 9.76. The average Bonchev–Trinajstić information content (AvgIpc) is 2.15. The van der Waals surface area contributed by atoms with Crippen molar-refractivity contribution in [2.24, 2.45) is 0 Å². The zero-order valence-electron chi connectivity index (χ0n) is 8.09. The molecule has 13 heavy (non-hydrogen) atoms. The maximum absolute atomic E-state index is 4.20. The number of rotatable bonds is 3. The topological polar surface area (TPSA) is 24.9 Å². The summed E-state index contributed by atoms with van der Waals surface area (Å²) in [4.78, 5) is 4.20. The Morgan fingerprint density at radius 3 is 2.92 bits per heavy atom. The Bertz CT molecular complexity index is 303. The van der Waals surface area contributed by atoms with Crippen LogP contribution in [0.25, 0.3) is 0 Å². The van der Waals surface area contributed by atoms with E-state index in [2.05, 4.69) is 28.2 Å². The van der Waals surface area contributed by atoms with Crippen LogP contribution in [0.15, 0.2) is 18.3 Å². The molecule has 0 atom stereocenters. The van der Waals surface area contributed by atoms with Gasteiger partial charge in [0.05, 0.1) is 6.54 Å². The predicted octanol–water partition coefficient (Wildman–Crippen LogP) is 1.50. The molecule has 1 aromatic rings. The molecule has 1 N–H and O–H groups in total. The summed E-state index contributed by atoms with van der Waals surface area (Å²) < 4.78 is 0. The summed E-state index contributed by atoms with van der Waals surface area (Å²) in [5, 5.41) is 3.21. The summed E-state index contributed by atoms with van der Waals surface area (Å²) >= 11 is 0. The number of hydrogen-bond acceptors (Lipinski definition) is 2. The van der Waals surface area contributed by atoms with Crippen molar-refractivity contribution in [3.63, 3.8) is 0 Å². The van der Waals surface area contributed by atoms with Gasteiger partial charge in [-0.05, 0) is 25.5 Å². The second-order valence-corrected chi connectivity index (χ2v) is 2.84. The van der Waals surface area contributed by atoms with Crippen molar-refractivity contribution in [1.82, 2.24) is 10.3 Å². The Hall–Kier alpha value is -1.33. The largest absolute Gasteiger partial charge is 0.302 e. The van der Waals surface area contributed by atoms with Gasteiger partial charge in [0.15, 0.2) is 0 Å². The van der Waals surface area contributed by atoms with Gasteiger partial charge < -0.3 is 5.32 Å². The first-order valence-corrected chi connectivity index (χ1v) is 4.35. The van der Waals surface area contributed by atoms with E-state index in [4.69, 9.17) is 0 Å². The number of aryl methyl sites for hydroxylation is 1. The lowest BCUT2D eigenvalue weighted by Gasteiger charge is -2.00. The van der Waals surface area contributed by atoms with Gasteiger partial charge in [-0.15, -0.1) is 5.92 Å². The summed E-state index contributed by atoms with van der Waals surface area (Å²) in [5.41, 5.74) is 2.25. The smallest absolute Gasteiger partial charge is 0.0579 e. The van der Waals surface area contributed by atoms with Gasteiger partial charge >= 0.3 is 0 Å². The Balaban J connectivity index is 2.36. The number of aromatic nitrogens is 1. The molecule has 1 heterocycles. The number of hydrogen-bond donors (Lipinski definition) is 1. The Kier molecular flexibility index (Phi) is 4.01. The highest BCUT2D eigenvalue weighted by molar-refractivity contribution is 5.13. The van der Waals surface area contributed by atoms with Crippen LogP contribution in [0.1, 0.15) is 18.2 Å². The molecule has 0 saturated heterocycles. The van der Waals surface area contributed by atoms with Crippen LogP contribution in [0.4, 0.5) is 0 Å². The SMILES string of the molecule is CC#CCNCc1ccc(C)nc1. The van der Waals surface area contributed by atoms with Crippen molar-refractivity contribution >= 4 is 0 Å². The Morgan fingerprint density at radius 1 is 1.46 bits per heavy atom. The summed E-state index contributed by atoms with van der Waals surface area (Å²) in [6, 6.07) is 4.09. The molecule has 0 amide bonds. The lowest BCUT2D eigenvalue weighted by molar-refractivity contribution is 0.766. The summed E-state index contributed by atoms with van der Waals surface area (Å²) in [7, 11) is 0. The highest BCUT2D eigenvalue weighted by Crippen LogP contribution is 1.97. The van der Waals surface area contributed by atoms with Crippen LogP contribution in [0.5, 0.6) is 0 Å². The van der Waals surface area contributed by atoms with Crippen LogP contribution in [0.2, 0.25) is 0 Å². The van der Waals surface area contributed by atoms with Gasteiger partial charge in [-0.3, -0.25) is 4.98 Å². The van der Waals surface area contributed by atoms with Crippen LogP contribution in [0, 0.1) is 18.8 Å². The maximum atomic E-state index is 4.20. The van der Waals surface area contributed by atoms with E-state index in [0.29, 0.717) is 0 Å². The number of nitrogens with zero attached hydrogens (tertiary/aromatic N) is 1. The van der Waals surface area contributed by atoms with Crippen LogP contribution >= 0.6 is 0 Å². The molecule has 0 radical (unpaired) electrons.